The van der Waals surface area contributed by atoms with Crippen molar-refractivity contribution < 1.29 is 33.6 Å². The Balaban J connectivity index is 0.000000387. The fourth-order valence-corrected chi connectivity index (χ4v) is 5.80. The number of ketones is 4. The highest BCUT2D eigenvalue weighted by atomic mass is 32.2. The number of hydrogen-bond donors (Lipinski definition) is 3. The highest BCUT2D eigenvalue weighted by Gasteiger charge is 2.33. The summed E-state index contributed by atoms with van der Waals surface area (Å²) < 4.78 is 0. The summed E-state index contributed by atoms with van der Waals surface area (Å²) in [5, 5.41) is 6.52. The van der Waals surface area contributed by atoms with E-state index in [1.165, 1.54) is 23.1 Å². The number of H-pyrrole nitrogens is 1. The Kier molecular flexibility index (Phi) is 17.9. The molecule has 2 aliphatic rings. The van der Waals surface area contributed by atoms with Crippen LogP contribution < -0.4 is 10.6 Å². The minimum Gasteiger partial charge on any atom is -0.362 e. The Bertz CT molecular complexity index is 1540. The third kappa shape index (κ3) is 13.0. The number of amides is 3. The van der Waals surface area contributed by atoms with Gasteiger partial charge in [0.25, 0.3) is 5.91 Å². The molecule has 1 fully saturated rings. The molecule has 0 aromatic carbocycles. The summed E-state index contributed by atoms with van der Waals surface area (Å²) in [6.45, 7) is 24.2. The van der Waals surface area contributed by atoms with Gasteiger partial charge < -0.3 is 20.5 Å². The number of Topliss-reactive ketones (excluding diaryl/α,β-unsaturated/α-hetero) is 4. The third-order valence-corrected chi connectivity index (χ3v) is 8.95. The number of imidazole rings is 1. The van der Waals surface area contributed by atoms with E-state index >= 15 is 0 Å². The third-order valence-electron chi connectivity index (χ3n) is 7.95. The van der Waals surface area contributed by atoms with E-state index < -0.39 is 29.8 Å². The molecule has 0 aliphatic carbocycles. The van der Waals surface area contributed by atoms with Crippen LogP contribution in [-0.2, 0) is 24.0 Å². The molecule has 282 valence electrons. The molecule has 0 saturated carbocycles. The molecule has 3 amide bonds. The summed E-state index contributed by atoms with van der Waals surface area (Å²) in [6, 6.07) is -0.935. The van der Waals surface area contributed by atoms with Gasteiger partial charge >= 0.3 is 11.8 Å². The zero-order valence-corrected chi connectivity index (χ0v) is 32.8. The molecule has 15 heteroatoms. The van der Waals surface area contributed by atoms with E-state index in [1.807, 2.05) is 47.6 Å². The van der Waals surface area contributed by atoms with Crippen LogP contribution in [0.4, 0.5) is 0 Å². The number of carbonyl (C=O) groups excluding carboxylic acids is 7. The summed E-state index contributed by atoms with van der Waals surface area (Å²) >= 11 is 1.74. The zero-order chi connectivity index (χ0) is 39.3. The van der Waals surface area contributed by atoms with E-state index in [4.69, 9.17) is 0 Å². The van der Waals surface area contributed by atoms with E-state index in [0.717, 1.165) is 16.4 Å². The summed E-state index contributed by atoms with van der Waals surface area (Å²) in [7, 11) is 1.58. The molecular weight excluding hydrogens is 675 g/mol. The molecule has 3 heterocycles. The van der Waals surface area contributed by atoms with Gasteiger partial charge in [-0.25, -0.2) is 4.98 Å². The van der Waals surface area contributed by atoms with Crippen molar-refractivity contribution in [2.24, 2.45) is 22.7 Å². The van der Waals surface area contributed by atoms with Crippen LogP contribution >= 0.6 is 11.8 Å². The van der Waals surface area contributed by atoms with Crippen LogP contribution in [0, 0.1) is 17.8 Å². The second-order valence-corrected chi connectivity index (χ2v) is 14.4. The van der Waals surface area contributed by atoms with Crippen LogP contribution in [-0.4, -0.2) is 110 Å². The van der Waals surface area contributed by atoms with Gasteiger partial charge in [0, 0.05) is 56.1 Å². The number of aromatic nitrogens is 2. The molecule has 3 unspecified atom stereocenters. The molecule has 3 N–H and O–H groups in total. The van der Waals surface area contributed by atoms with Gasteiger partial charge in [-0.2, -0.15) is 0 Å². The van der Waals surface area contributed by atoms with E-state index in [-0.39, 0.29) is 58.3 Å². The minimum absolute atomic E-state index is 0.0362. The molecule has 1 saturated heterocycles. The minimum atomic E-state index is -0.615. The van der Waals surface area contributed by atoms with Crippen LogP contribution in [0.25, 0.3) is 0 Å². The van der Waals surface area contributed by atoms with Gasteiger partial charge in [0.1, 0.15) is 17.2 Å². The number of hydrogen-bond acceptors (Lipinski definition) is 11. The van der Waals surface area contributed by atoms with Crippen molar-refractivity contribution in [3.05, 3.63) is 41.8 Å². The Morgan fingerprint density at radius 1 is 0.922 bits per heavy atom. The normalized spacial score (nSPS) is 17.2. The fraction of sp³-hybridized carbons (Fsp3) is 0.583. The van der Waals surface area contributed by atoms with Crippen molar-refractivity contribution in [1.29, 1.82) is 0 Å². The Morgan fingerprint density at radius 3 is 1.92 bits per heavy atom. The van der Waals surface area contributed by atoms with E-state index in [9.17, 15) is 33.6 Å². The van der Waals surface area contributed by atoms with E-state index in [1.54, 1.807) is 46.5 Å². The van der Waals surface area contributed by atoms with Crippen LogP contribution in [0.1, 0.15) is 97.1 Å². The predicted octanol–water partition coefficient (Wildman–Crippen LogP) is 3.61. The average molecular weight is 730 g/mol. The number of aromatic amines is 1. The maximum atomic E-state index is 11.9. The lowest BCUT2D eigenvalue weighted by molar-refractivity contribution is -0.153. The van der Waals surface area contributed by atoms with Gasteiger partial charge in [0.05, 0.1) is 29.5 Å². The summed E-state index contributed by atoms with van der Waals surface area (Å²) in [4.78, 5) is 95.2. The molecular formula is C36H55N7O7S. The maximum Gasteiger partial charge on any atom is 0.317 e. The monoisotopic (exact) mass is 729 g/mol. The highest BCUT2D eigenvalue weighted by Crippen LogP contribution is 2.25. The molecule has 0 bridgehead atoms. The average Bonchev–Trinajstić information content (AvgIpc) is 3.73. The number of thioether (sulfide) groups is 1. The standard InChI is InChI=1S/C13H21N3O3.C12H17N3O3.C11H17NOS/c1-8(2)11(17)9(3)14-10(4)16-7-6-15(5)12(18)13(16)19;1-6(2)11(17)7(3)15-12(18)10-9(8(4)16)13-5-14-10;1-5-9(11(13)7(2)3)10-6-14-8(4)12-10/h8-9,14H,4,6-7H2,1-3,5H3;5-7H,1-4H3,(H,13,14)(H,15,18);5,7,10H,6H2,1-4H3/b;;9-5-. The van der Waals surface area contributed by atoms with Crippen molar-refractivity contribution >= 4 is 57.7 Å². The number of allylic oxidation sites excluding steroid dienone is 1. The number of carbonyl (C=O) groups is 7. The van der Waals surface area contributed by atoms with E-state index in [0.29, 0.717) is 18.9 Å². The molecule has 3 rings (SSSR count). The van der Waals surface area contributed by atoms with Crippen LogP contribution in [0.5, 0.6) is 0 Å². The Hall–Kier alpha value is -4.40. The van der Waals surface area contributed by atoms with Crippen molar-refractivity contribution in [2.75, 3.05) is 25.9 Å². The van der Waals surface area contributed by atoms with Crippen molar-refractivity contribution in [3.8, 4) is 0 Å². The lowest BCUT2D eigenvalue weighted by Crippen LogP contribution is -2.55. The zero-order valence-electron chi connectivity index (χ0n) is 32.0. The predicted molar refractivity (Wildman–Crippen MR) is 199 cm³/mol. The lowest BCUT2D eigenvalue weighted by Gasteiger charge is -2.33. The first-order chi connectivity index (χ1) is 23.7. The number of nitrogens with zero attached hydrogens (tertiary/aromatic N) is 4. The summed E-state index contributed by atoms with van der Waals surface area (Å²) in [6.07, 6.45) is 3.19. The topological polar surface area (TPSA) is 191 Å². The Morgan fingerprint density at radius 2 is 1.47 bits per heavy atom. The van der Waals surface area contributed by atoms with Crippen LogP contribution in [0.3, 0.4) is 0 Å². The fourth-order valence-electron chi connectivity index (χ4n) is 4.95. The van der Waals surface area contributed by atoms with Gasteiger partial charge in [-0.1, -0.05) is 54.2 Å². The smallest absolute Gasteiger partial charge is 0.317 e. The van der Waals surface area contributed by atoms with Crippen molar-refractivity contribution in [2.45, 2.75) is 94.3 Å². The van der Waals surface area contributed by atoms with Crippen molar-refractivity contribution in [1.82, 2.24) is 30.4 Å². The molecule has 14 nitrogen and oxygen atoms in total. The molecule has 1 aromatic heterocycles. The van der Waals surface area contributed by atoms with Gasteiger partial charge in [-0.05, 0) is 27.7 Å². The first kappa shape index (κ1) is 44.6. The molecule has 3 atom stereocenters. The maximum absolute atomic E-state index is 11.9. The molecule has 1 aromatic rings. The lowest BCUT2D eigenvalue weighted by atomic mass is 9.96. The van der Waals surface area contributed by atoms with Gasteiger partial charge in [0.15, 0.2) is 23.1 Å². The van der Waals surface area contributed by atoms with Crippen LogP contribution in [0.15, 0.2) is 35.4 Å². The van der Waals surface area contributed by atoms with Gasteiger partial charge in [-0.15, -0.1) is 11.8 Å². The number of piperazine rings is 1. The summed E-state index contributed by atoms with van der Waals surface area (Å²) in [5.74, 6) is -0.734. The highest BCUT2D eigenvalue weighted by molar-refractivity contribution is 8.14. The largest absolute Gasteiger partial charge is 0.362 e. The molecule has 51 heavy (non-hydrogen) atoms. The first-order valence-corrected chi connectivity index (χ1v) is 18.0. The van der Waals surface area contributed by atoms with Crippen LogP contribution in [0.2, 0.25) is 0 Å². The number of likely N-dealkylation sites (N-methyl/N-ethyl adjacent to an activating group) is 1. The SMILES string of the molecule is C/C=C(\C(=O)C(C)C)C1CSC(C)=N1.C=C(NC(C)C(=O)C(C)C)N1CCN(C)C(=O)C1=O.CC(=O)c1nc[nH]c1C(=O)NC(C)C(=O)C(C)C. The van der Waals surface area contributed by atoms with Gasteiger partial charge in [-0.3, -0.25) is 43.5 Å². The first-order valence-electron chi connectivity index (χ1n) is 17.0. The molecule has 0 radical (unpaired) electrons. The second-order valence-electron chi connectivity index (χ2n) is 13.2. The molecule has 0 spiro atoms. The Labute approximate surface area is 305 Å². The second kappa shape index (κ2) is 20.4. The van der Waals surface area contributed by atoms with Gasteiger partial charge in [0.2, 0.25) is 0 Å². The number of aliphatic imine (C=N–C) groups is 1. The quantitative estimate of drug-likeness (QED) is 0.154. The number of nitrogens with one attached hydrogen (secondary N) is 3. The van der Waals surface area contributed by atoms with Crippen molar-refractivity contribution in [3.63, 3.8) is 0 Å². The summed E-state index contributed by atoms with van der Waals surface area (Å²) in [5.41, 5.74) is 1.05. The molecule has 2 aliphatic heterocycles. The number of rotatable bonds is 13. The van der Waals surface area contributed by atoms with E-state index in [2.05, 4.69) is 32.2 Å².